The van der Waals surface area contributed by atoms with Gasteiger partial charge in [0.2, 0.25) is 0 Å². The molecule has 2 atom stereocenters. The van der Waals surface area contributed by atoms with Crippen molar-refractivity contribution < 1.29 is 19.4 Å². The summed E-state index contributed by atoms with van der Waals surface area (Å²) in [6, 6.07) is 0. The summed E-state index contributed by atoms with van der Waals surface area (Å²) in [5.41, 5.74) is 0. The molecule has 1 N–H and O–H groups in total. The Hall–Kier alpha value is -0.450. The zero-order valence-corrected chi connectivity index (χ0v) is 8.73. The zero-order valence-electron chi connectivity index (χ0n) is 8.73. The number of aliphatic hydroxyl groups is 1. The highest BCUT2D eigenvalue weighted by atomic mass is 16.7. The van der Waals surface area contributed by atoms with Crippen LogP contribution in [0.25, 0.3) is 0 Å². The van der Waals surface area contributed by atoms with E-state index in [4.69, 9.17) is 9.47 Å². The van der Waals surface area contributed by atoms with E-state index >= 15 is 0 Å². The topological polar surface area (TPSA) is 55.8 Å². The van der Waals surface area contributed by atoms with Crippen LogP contribution >= 0.6 is 0 Å². The first-order chi connectivity index (χ1) is 6.70. The lowest BCUT2D eigenvalue weighted by Crippen LogP contribution is -2.41. The van der Waals surface area contributed by atoms with Crippen LogP contribution in [0.15, 0.2) is 0 Å². The predicted octanol–water partition coefficient (Wildman–Crippen LogP) is 0.725. The number of Topliss-reactive ketones (excluding diaryl/α,β-unsaturated/α-hetero) is 1. The molecule has 0 saturated heterocycles. The Kier molecular flexibility index (Phi) is 4.51. The second kappa shape index (κ2) is 5.44. The third-order valence-corrected chi connectivity index (χ3v) is 2.76. The summed E-state index contributed by atoms with van der Waals surface area (Å²) in [5, 5.41) is 9.83. The molecular formula is C10H18O4. The van der Waals surface area contributed by atoms with Gasteiger partial charge in [-0.25, -0.2) is 0 Å². The summed E-state index contributed by atoms with van der Waals surface area (Å²) >= 11 is 0. The van der Waals surface area contributed by atoms with Crippen molar-refractivity contribution in [2.45, 2.75) is 38.1 Å². The molecule has 0 aromatic heterocycles. The summed E-state index contributed by atoms with van der Waals surface area (Å²) in [6.45, 7) is 0. The number of rotatable bonds is 4. The predicted molar refractivity (Wildman–Crippen MR) is 50.8 cm³/mol. The van der Waals surface area contributed by atoms with Crippen molar-refractivity contribution in [1.29, 1.82) is 0 Å². The minimum absolute atomic E-state index is 0.128. The van der Waals surface area contributed by atoms with Crippen LogP contribution in [0.3, 0.4) is 0 Å². The third-order valence-electron chi connectivity index (χ3n) is 2.76. The van der Waals surface area contributed by atoms with E-state index in [1.54, 1.807) is 0 Å². The average molecular weight is 202 g/mol. The van der Waals surface area contributed by atoms with Crippen LogP contribution in [0.2, 0.25) is 0 Å². The Bertz CT molecular complexity index is 189. The molecule has 0 aromatic carbocycles. The van der Waals surface area contributed by atoms with Crippen molar-refractivity contribution in [3.63, 3.8) is 0 Å². The van der Waals surface area contributed by atoms with E-state index in [0.29, 0.717) is 6.42 Å². The Morgan fingerprint density at radius 2 is 2.00 bits per heavy atom. The number of carbonyl (C=O) groups is 1. The fourth-order valence-corrected chi connectivity index (χ4v) is 1.94. The van der Waals surface area contributed by atoms with E-state index in [-0.39, 0.29) is 11.7 Å². The monoisotopic (exact) mass is 202 g/mol. The van der Waals surface area contributed by atoms with Gasteiger partial charge in [-0.05, 0) is 12.8 Å². The molecule has 0 radical (unpaired) electrons. The molecule has 0 amide bonds. The molecule has 0 aromatic rings. The maximum Gasteiger partial charge on any atom is 0.183 e. The summed E-state index contributed by atoms with van der Waals surface area (Å²) < 4.78 is 9.88. The van der Waals surface area contributed by atoms with Gasteiger partial charge in [0.05, 0.1) is 0 Å². The number of aliphatic hydroxyl groups excluding tert-OH is 1. The smallest absolute Gasteiger partial charge is 0.183 e. The van der Waals surface area contributed by atoms with Gasteiger partial charge in [0.15, 0.2) is 6.29 Å². The quantitative estimate of drug-likeness (QED) is 0.683. The Morgan fingerprint density at radius 1 is 1.36 bits per heavy atom. The fraction of sp³-hybridized carbons (Fsp3) is 0.900. The average Bonchev–Trinajstić information content (AvgIpc) is 2.20. The first kappa shape index (κ1) is 11.6. The van der Waals surface area contributed by atoms with Crippen LogP contribution in [-0.4, -0.2) is 37.5 Å². The van der Waals surface area contributed by atoms with Gasteiger partial charge in [-0.15, -0.1) is 0 Å². The summed E-state index contributed by atoms with van der Waals surface area (Å²) in [4.78, 5) is 11.5. The summed E-state index contributed by atoms with van der Waals surface area (Å²) in [5.74, 6) is -0.184. The molecule has 14 heavy (non-hydrogen) atoms. The minimum Gasteiger partial charge on any atom is -0.387 e. The van der Waals surface area contributed by atoms with E-state index in [9.17, 15) is 9.90 Å². The van der Waals surface area contributed by atoms with E-state index in [1.165, 1.54) is 14.2 Å². The Balaban J connectivity index is 2.56. The van der Waals surface area contributed by atoms with Crippen LogP contribution in [-0.2, 0) is 14.3 Å². The van der Waals surface area contributed by atoms with Crippen molar-refractivity contribution in [2.24, 2.45) is 5.92 Å². The highest BCUT2D eigenvalue weighted by Crippen LogP contribution is 2.25. The van der Waals surface area contributed by atoms with Crippen molar-refractivity contribution in [2.75, 3.05) is 14.2 Å². The molecule has 1 fully saturated rings. The number of methoxy groups -OCH3 is 2. The molecule has 1 saturated carbocycles. The molecule has 0 heterocycles. The Labute approximate surface area is 84.2 Å². The molecule has 4 nitrogen and oxygen atoms in total. The summed E-state index contributed by atoms with van der Waals surface area (Å²) in [6.07, 6.45) is 1.71. The number of hydrogen-bond acceptors (Lipinski definition) is 4. The lowest BCUT2D eigenvalue weighted by molar-refractivity contribution is -0.183. The molecule has 0 bridgehead atoms. The lowest BCUT2D eigenvalue weighted by Gasteiger charge is -2.29. The van der Waals surface area contributed by atoms with Crippen LogP contribution < -0.4 is 0 Å². The summed E-state index contributed by atoms with van der Waals surface area (Å²) in [7, 11) is 2.93. The van der Waals surface area contributed by atoms with Crippen molar-refractivity contribution in [1.82, 2.24) is 0 Å². The number of carbonyl (C=O) groups excluding carboxylic acids is 1. The second-order valence-electron chi connectivity index (χ2n) is 3.65. The molecule has 1 rings (SSSR count). The molecule has 0 spiro atoms. The Morgan fingerprint density at radius 3 is 2.50 bits per heavy atom. The maximum absolute atomic E-state index is 11.5. The molecule has 0 unspecified atom stereocenters. The van der Waals surface area contributed by atoms with Gasteiger partial charge < -0.3 is 14.6 Å². The fourth-order valence-electron chi connectivity index (χ4n) is 1.94. The minimum atomic E-state index is -0.835. The molecule has 1 aliphatic rings. The van der Waals surface area contributed by atoms with Gasteiger partial charge in [-0.1, -0.05) is 6.42 Å². The largest absolute Gasteiger partial charge is 0.387 e. The van der Waals surface area contributed by atoms with E-state index < -0.39 is 12.4 Å². The van der Waals surface area contributed by atoms with Gasteiger partial charge in [-0.2, -0.15) is 0 Å². The lowest BCUT2D eigenvalue weighted by atomic mass is 9.84. The van der Waals surface area contributed by atoms with Crippen LogP contribution in [0.1, 0.15) is 25.7 Å². The van der Waals surface area contributed by atoms with Crippen LogP contribution in [0.5, 0.6) is 0 Å². The standard InChI is InChI=1S/C10H18O4/c1-13-10(14-2)9(12)7-5-3-4-6-8(7)11/h7,9-10,12H,3-6H2,1-2H3/t7-,9-/m1/s1. The second-order valence-corrected chi connectivity index (χ2v) is 3.65. The SMILES string of the molecule is COC(OC)[C@H](O)[C@@H]1CCCCC1=O. The third kappa shape index (κ3) is 2.53. The highest BCUT2D eigenvalue weighted by molar-refractivity contribution is 5.82. The van der Waals surface area contributed by atoms with E-state index in [1.807, 2.05) is 0 Å². The maximum atomic E-state index is 11.5. The van der Waals surface area contributed by atoms with Gasteiger partial charge in [0, 0.05) is 26.6 Å². The number of ether oxygens (including phenoxy) is 2. The highest BCUT2D eigenvalue weighted by Gasteiger charge is 2.34. The first-order valence-corrected chi connectivity index (χ1v) is 4.97. The zero-order chi connectivity index (χ0) is 10.6. The van der Waals surface area contributed by atoms with Gasteiger partial charge >= 0.3 is 0 Å². The van der Waals surface area contributed by atoms with Crippen LogP contribution in [0, 0.1) is 5.92 Å². The van der Waals surface area contributed by atoms with Crippen molar-refractivity contribution in [3.05, 3.63) is 0 Å². The molecule has 1 aliphatic carbocycles. The number of hydrogen-bond donors (Lipinski definition) is 1. The van der Waals surface area contributed by atoms with Crippen LogP contribution in [0.4, 0.5) is 0 Å². The normalized spacial score (nSPS) is 25.4. The first-order valence-electron chi connectivity index (χ1n) is 4.97. The van der Waals surface area contributed by atoms with E-state index in [2.05, 4.69) is 0 Å². The molecule has 82 valence electrons. The molecule has 4 heteroatoms. The van der Waals surface area contributed by atoms with Gasteiger partial charge in [-0.3, -0.25) is 4.79 Å². The van der Waals surface area contributed by atoms with Crippen molar-refractivity contribution >= 4 is 5.78 Å². The number of ketones is 1. The molecule has 0 aliphatic heterocycles. The van der Waals surface area contributed by atoms with Gasteiger partial charge in [0.25, 0.3) is 0 Å². The van der Waals surface area contributed by atoms with E-state index in [0.717, 1.165) is 19.3 Å². The van der Waals surface area contributed by atoms with Crippen molar-refractivity contribution in [3.8, 4) is 0 Å². The van der Waals surface area contributed by atoms with Gasteiger partial charge in [0.1, 0.15) is 11.9 Å². The molecular weight excluding hydrogens is 184 g/mol.